The van der Waals surface area contributed by atoms with Crippen LogP contribution in [0.5, 0.6) is 11.5 Å². The van der Waals surface area contributed by atoms with E-state index >= 15 is 0 Å². The largest absolute Gasteiger partial charge is 0.490 e. The number of ether oxygens (including phenoxy) is 6. The lowest BCUT2D eigenvalue weighted by atomic mass is 9.95. The molecule has 0 fully saturated rings. The Bertz CT molecular complexity index is 734. The van der Waals surface area contributed by atoms with E-state index in [2.05, 4.69) is 24.3 Å². The second-order valence-electron chi connectivity index (χ2n) is 8.31. The van der Waals surface area contributed by atoms with Crippen LogP contribution in [0.25, 0.3) is 11.1 Å². The number of rotatable bonds is 13. The Balaban J connectivity index is 2.71. The zero-order chi connectivity index (χ0) is 23.7. The van der Waals surface area contributed by atoms with Gasteiger partial charge in [-0.05, 0) is 63.1 Å². The van der Waals surface area contributed by atoms with Crippen molar-refractivity contribution in [2.24, 2.45) is 0 Å². The maximum absolute atomic E-state index is 6.14. The fourth-order valence-corrected chi connectivity index (χ4v) is 3.67. The van der Waals surface area contributed by atoms with Crippen molar-refractivity contribution in [3.05, 3.63) is 46.5 Å². The van der Waals surface area contributed by atoms with Crippen LogP contribution < -0.4 is 9.47 Å². The van der Waals surface area contributed by atoms with E-state index in [-0.39, 0.29) is 12.2 Å². The normalized spacial score (nSPS) is 11.4. The van der Waals surface area contributed by atoms with Crippen LogP contribution in [0.15, 0.2) is 24.3 Å². The smallest absolute Gasteiger partial charge is 0.130 e. The van der Waals surface area contributed by atoms with E-state index in [4.69, 9.17) is 28.4 Å². The summed E-state index contributed by atoms with van der Waals surface area (Å²) < 4.78 is 34.2. The highest BCUT2D eigenvalue weighted by atomic mass is 16.5. The number of methoxy groups -OCH3 is 4. The molecule has 2 aromatic rings. The maximum Gasteiger partial charge on any atom is 0.130 e. The molecule has 2 rings (SSSR count). The molecule has 0 saturated heterocycles. The van der Waals surface area contributed by atoms with Crippen LogP contribution in [-0.2, 0) is 45.4 Å². The lowest BCUT2D eigenvalue weighted by molar-refractivity contribution is 0.162. The van der Waals surface area contributed by atoms with E-state index in [0.29, 0.717) is 26.4 Å². The van der Waals surface area contributed by atoms with Gasteiger partial charge in [-0.1, -0.05) is 0 Å². The molecule has 6 heteroatoms. The first-order valence-corrected chi connectivity index (χ1v) is 11.0. The first-order valence-electron chi connectivity index (χ1n) is 11.0. The Hall–Kier alpha value is -2.12. The zero-order valence-corrected chi connectivity index (χ0v) is 20.7. The lowest BCUT2D eigenvalue weighted by Gasteiger charge is -2.22. The highest BCUT2D eigenvalue weighted by Gasteiger charge is 2.19. The minimum Gasteiger partial charge on any atom is -0.490 e. The lowest BCUT2D eigenvalue weighted by Crippen LogP contribution is -2.12. The van der Waals surface area contributed by atoms with Crippen molar-refractivity contribution in [2.45, 2.75) is 66.3 Å². The van der Waals surface area contributed by atoms with E-state index in [9.17, 15) is 0 Å². The van der Waals surface area contributed by atoms with E-state index in [1.54, 1.807) is 28.4 Å². The molecular weight excluding hydrogens is 408 g/mol. The predicted molar refractivity (Wildman–Crippen MR) is 126 cm³/mol. The highest BCUT2D eigenvalue weighted by molar-refractivity contribution is 5.70. The first-order chi connectivity index (χ1) is 15.3. The summed E-state index contributed by atoms with van der Waals surface area (Å²) in [5.74, 6) is 1.64. The molecule has 32 heavy (non-hydrogen) atoms. The molecule has 6 nitrogen and oxygen atoms in total. The summed E-state index contributed by atoms with van der Waals surface area (Å²) >= 11 is 0. The Morgan fingerprint density at radius 3 is 0.938 bits per heavy atom. The predicted octanol–water partition coefficient (Wildman–Crippen LogP) is 5.51. The van der Waals surface area contributed by atoms with Gasteiger partial charge < -0.3 is 28.4 Å². The van der Waals surface area contributed by atoms with Crippen molar-refractivity contribution in [3.63, 3.8) is 0 Å². The molecule has 0 saturated carbocycles. The summed E-state index contributed by atoms with van der Waals surface area (Å²) in [7, 11) is 6.75. The fourth-order valence-electron chi connectivity index (χ4n) is 3.67. The van der Waals surface area contributed by atoms with Crippen LogP contribution in [0.1, 0.15) is 49.9 Å². The summed E-state index contributed by atoms with van der Waals surface area (Å²) in [6, 6.07) is 8.47. The van der Waals surface area contributed by atoms with Gasteiger partial charge in [-0.15, -0.1) is 0 Å². The van der Waals surface area contributed by atoms with Gasteiger partial charge in [0.05, 0.1) is 38.6 Å². The summed E-state index contributed by atoms with van der Waals surface area (Å²) in [6.07, 6.45) is 0.0854. The molecule has 0 aliphatic rings. The van der Waals surface area contributed by atoms with Crippen molar-refractivity contribution in [1.82, 2.24) is 0 Å². The summed E-state index contributed by atoms with van der Waals surface area (Å²) in [5.41, 5.74) is 6.02. The van der Waals surface area contributed by atoms with Crippen LogP contribution >= 0.6 is 0 Å². The molecule has 0 atom stereocenters. The average molecular weight is 447 g/mol. The van der Waals surface area contributed by atoms with Crippen LogP contribution in [0.3, 0.4) is 0 Å². The van der Waals surface area contributed by atoms with Crippen molar-refractivity contribution in [3.8, 4) is 22.6 Å². The molecule has 0 aliphatic heterocycles. The minimum atomic E-state index is 0.0427. The SMILES string of the molecule is COCc1cc(-c2cc(COC)c(OC(C)C)c(COC)c2)cc(COC)c1OC(C)C. The molecule has 2 aromatic carbocycles. The molecule has 178 valence electrons. The van der Waals surface area contributed by atoms with E-state index in [1.807, 2.05) is 27.7 Å². The molecule has 0 aliphatic carbocycles. The molecule has 0 aromatic heterocycles. The van der Waals surface area contributed by atoms with Gasteiger partial charge >= 0.3 is 0 Å². The van der Waals surface area contributed by atoms with Crippen LogP contribution in [0, 0.1) is 0 Å². The summed E-state index contributed by atoms with van der Waals surface area (Å²) in [6.45, 7) is 9.83. The monoisotopic (exact) mass is 446 g/mol. The Morgan fingerprint density at radius 1 is 0.500 bits per heavy atom. The highest BCUT2D eigenvalue weighted by Crippen LogP contribution is 2.37. The first kappa shape index (κ1) is 26.1. The summed E-state index contributed by atoms with van der Waals surface area (Å²) in [4.78, 5) is 0. The van der Waals surface area contributed by atoms with Crippen molar-refractivity contribution < 1.29 is 28.4 Å². The molecular formula is C26H38O6. The van der Waals surface area contributed by atoms with Gasteiger partial charge in [0.15, 0.2) is 0 Å². The van der Waals surface area contributed by atoms with Gasteiger partial charge in [0.2, 0.25) is 0 Å². The van der Waals surface area contributed by atoms with Gasteiger partial charge in [-0.25, -0.2) is 0 Å². The second-order valence-corrected chi connectivity index (χ2v) is 8.31. The Labute approximate surface area is 192 Å². The van der Waals surface area contributed by atoms with Gasteiger partial charge in [-0.2, -0.15) is 0 Å². The van der Waals surface area contributed by atoms with Gasteiger partial charge in [0.25, 0.3) is 0 Å². The number of benzene rings is 2. The van der Waals surface area contributed by atoms with E-state index in [0.717, 1.165) is 44.9 Å². The molecule has 0 heterocycles. The van der Waals surface area contributed by atoms with Crippen molar-refractivity contribution in [1.29, 1.82) is 0 Å². The van der Waals surface area contributed by atoms with E-state index < -0.39 is 0 Å². The quantitative estimate of drug-likeness (QED) is 0.404. The van der Waals surface area contributed by atoms with Crippen LogP contribution in [-0.4, -0.2) is 40.6 Å². The standard InChI is InChI=1S/C26H38O6/c1-17(2)31-25-21(13-27-5)9-19(10-22(25)14-28-6)20-11-23(15-29-7)26(32-18(3)4)24(12-20)16-30-8/h9-12,17-18H,13-16H2,1-8H3. The molecule has 0 radical (unpaired) electrons. The number of hydrogen-bond donors (Lipinski definition) is 0. The molecule has 0 unspecified atom stereocenters. The van der Waals surface area contributed by atoms with Crippen LogP contribution in [0.4, 0.5) is 0 Å². The average Bonchev–Trinajstić information content (AvgIpc) is 2.72. The maximum atomic E-state index is 6.14. The fraction of sp³-hybridized carbons (Fsp3) is 0.538. The zero-order valence-electron chi connectivity index (χ0n) is 20.7. The topological polar surface area (TPSA) is 55.4 Å². The number of hydrogen-bond acceptors (Lipinski definition) is 6. The van der Waals surface area contributed by atoms with Gasteiger partial charge in [0.1, 0.15) is 11.5 Å². The Morgan fingerprint density at radius 2 is 0.750 bits per heavy atom. The molecule has 0 bridgehead atoms. The molecule has 0 amide bonds. The minimum absolute atomic E-state index is 0.0427. The van der Waals surface area contributed by atoms with Crippen LogP contribution in [0.2, 0.25) is 0 Å². The summed E-state index contributed by atoms with van der Waals surface area (Å²) in [5, 5.41) is 0. The second kappa shape index (κ2) is 12.8. The Kier molecular flexibility index (Phi) is 10.5. The van der Waals surface area contributed by atoms with Gasteiger partial charge in [-0.3, -0.25) is 0 Å². The molecule has 0 N–H and O–H groups in total. The molecule has 0 spiro atoms. The third-order valence-electron chi connectivity index (χ3n) is 4.73. The third-order valence-corrected chi connectivity index (χ3v) is 4.73. The van der Waals surface area contributed by atoms with Crippen molar-refractivity contribution in [2.75, 3.05) is 28.4 Å². The van der Waals surface area contributed by atoms with Crippen molar-refractivity contribution >= 4 is 0 Å². The van der Waals surface area contributed by atoms with Gasteiger partial charge in [0, 0.05) is 50.7 Å². The van der Waals surface area contributed by atoms with E-state index in [1.165, 1.54) is 0 Å². The third kappa shape index (κ3) is 6.94.